The molecule has 0 aliphatic heterocycles. The first-order valence-corrected chi connectivity index (χ1v) is 7.17. The van der Waals surface area contributed by atoms with Crippen molar-refractivity contribution >= 4 is 27.4 Å². The number of nitrogens with two attached hydrogens (primary N) is 1. The fourth-order valence-electron chi connectivity index (χ4n) is 2.03. The lowest BCUT2D eigenvalue weighted by Gasteiger charge is -2.14. The molecule has 0 amide bonds. The summed E-state index contributed by atoms with van der Waals surface area (Å²) in [4.78, 5) is 13.3. The van der Waals surface area contributed by atoms with Crippen molar-refractivity contribution in [3.8, 4) is 6.07 Å². The topological polar surface area (TPSA) is 90.9 Å². The molecular weight excluding hydrogens is 272 g/mol. The molecule has 0 aliphatic rings. The SMILES string of the molecule is Cc1sc2nc(CN(C)CCC#N)nc(NN)c2c1C. The second-order valence-corrected chi connectivity index (χ2v) is 5.95. The van der Waals surface area contributed by atoms with Gasteiger partial charge >= 0.3 is 0 Å². The average molecular weight is 290 g/mol. The highest BCUT2D eigenvalue weighted by molar-refractivity contribution is 7.18. The summed E-state index contributed by atoms with van der Waals surface area (Å²) in [5, 5.41) is 9.60. The van der Waals surface area contributed by atoms with Gasteiger partial charge in [0.2, 0.25) is 0 Å². The second kappa shape index (κ2) is 6.13. The first kappa shape index (κ1) is 14.7. The van der Waals surface area contributed by atoms with Crippen molar-refractivity contribution in [2.45, 2.75) is 26.8 Å². The van der Waals surface area contributed by atoms with Crippen LogP contribution >= 0.6 is 11.3 Å². The summed E-state index contributed by atoms with van der Waals surface area (Å²) >= 11 is 1.65. The lowest BCUT2D eigenvalue weighted by atomic mass is 10.2. The third-order valence-corrected chi connectivity index (χ3v) is 4.33. The molecule has 106 valence electrons. The van der Waals surface area contributed by atoms with E-state index >= 15 is 0 Å². The van der Waals surface area contributed by atoms with Crippen molar-refractivity contribution in [2.24, 2.45) is 5.84 Å². The molecule has 0 bridgehead atoms. The van der Waals surface area contributed by atoms with E-state index in [0.29, 0.717) is 31.2 Å². The summed E-state index contributed by atoms with van der Waals surface area (Å²) in [6.45, 7) is 5.42. The third-order valence-electron chi connectivity index (χ3n) is 3.23. The van der Waals surface area contributed by atoms with Crippen LogP contribution in [0.2, 0.25) is 0 Å². The molecule has 7 heteroatoms. The van der Waals surface area contributed by atoms with Crippen LogP contribution in [-0.4, -0.2) is 28.5 Å². The molecule has 0 aliphatic carbocycles. The number of hydrazine groups is 1. The molecule has 0 unspecified atom stereocenters. The number of fused-ring (bicyclic) bond motifs is 1. The Labute approximate surface area is 122 Å². The normalized spacial score (nSPS) is 11.0. The molecule has 20 heavy (non-hydrogen) atoms. The fourth-order valence-corrected chi connectivity index (χ4v) is 3.08. The van der Waals surface area contributed by atoms with Crippen LogP contribution in [0.4, 0.5) is 5.82 Å². The van der Waals surface area contributed by atoms with Gasteiger partial charge in [0.05, 0.1) is 18.0 Å². The highest BCUT2D eigenvalue weighted by Crippen LogP contribution is 2.32. The fraction of sp³-hybridized carbons (Fsp3) is 0.462. The monoisotopic (exact) mass is 290 g/mol. The predicted molar refractivity (Wildman–Crippen MR) is 81.3 cm³/mol. The molecule has 0 spiro atoms. The van der Waals surface area contributed by atoms with Crippen molar-refractivity contribution in [1.29, 1.82) is 5.26 Å². The van der Waals surface area contributed by atoms with Gasteiger partial charge in [-0.2, -0.15) is 5.26 Å². The van der Waals surface area contributed by atoms with Crippen LogP contribution in [0.25, 0.3) is 10.2 Å². The van der Waals surface area contributed by atoms with E-state index in [1.54, 1.807) is 11.3 Å². The minimum absolute atomic E-state index is 0.498. The van der Waals surface area contributed by atoms with Crippen LogP contribution in [-0.2, 0) is 6.54 Å². The predicted octanol–water partition coefficient (Wildman–Crippen LogP) is 1.94. The number of anilines is 1. The Balaban J connectivity index is 2.34. The van der Waals surface area contributed by atoms with Crippen LogP contribution in [0.15, 0.2) is 0 Å². The third kappa shape index (κ3) is 2.88. The van der Waals surface area contributed by atoms with Gasteiger partial charge in [0, 0.05) is 17.8 Å². The molecule has 0 radical (unpaired) electrons. The zero-order valence-electron chi connectivity index (χ0n) is 11.9. The molecule has 0 aromatic carbocycles. The van der Waals surface area contributed by atoms with Crippen molar-refractivity contribution < 1.29 is 0 Å². The molecule has 0 fully saturated rings. The van der Waals surface area contributed by atoms with Crippen molar-refractivity contribution in [2.75, 3.05) is 19.0 Å². The number of nitriles is 1. The zero-order chi connectivity index (χ0) is 14.7. The van der Waals surface area contributed by atoms with Gasteiger partial charge in [-0.1, -0.05) is 0 Å². The van der Waals surface area contributed by atoms with Gasteiger partial charge in [-0.05, 0) is 26.5 Å². The van der Waals surface area contributed by atoms with Gasteiger partial charge in [-0.25, -0.2) is 15.8 Å². The molecule has 0 saturated carbocycles. The number of nitrogen functional groups attached to an aromatic ring is 1. The van der Waals surface area contributed by atoms with Gasteiger partial charge in [0.1, 0.15) is 10.7 Å². The molecule has 2 aromatic heterocycles. The van der Waals surface area contributed by atoms with E-state index in [1.807, 2.05) is 11.9 Å². The smallest absolute Gasteiger partial charge is 0.152 e. The highest BCUT2D eigenvalue weighted by Gasteiger charge is 2.14. The molecule has 0 atom stereocenters. The number of aryl methyl sites for hydroxylation is 2. The van der Waals surface area contributed by atoms with Gasteiger partial charge in [-0.3, -0.25) is 4.90 Å². The van der Waals surface area contributed by atoms with Crippen molar-refractivity contribution in [3.63, 3.8) is 0 Å². The van der Waals surface area contributed by atoms with Crippen LogP contribution < -0.4 is 11.3 Å². The molecular formula is C13H18N6S. The van der Waals surface area contributed by atoms with Crippen LogP contribution in [0, 0.1) is 25.2 Å². The number of nitrogens with one attached hydrogen (secondary N) is 1. The van der Waals surface area contributed by atoms with E-state index in [2.05, 4.69) is 35.3 Å². The molecule has 2 rings (SSSR count). The number of aromatic nitrogens is 2. The number of hydrogen-bond acceptors (Lipinski definition) is 7. The summed E-state index contributed by atoms with van der Waals surface area (Å²) in [6, 6.07) is 2.13. The lowest BCUT2D eigenvalue weighted by molar-refractivity contribution is 0.327. The van der Waals surface area contributed by atoms with Crippen LogP contribution in [0.5, 0.6) is 0 Å². The van der Waals surface area contributed by atoms with E-state index in [0.717, 1.165) is 10.2 Å². The van der Waals surface area contributed by atoms with Gasteiger partial charge < -0.3 is 5.43 Å². The first-order valence-electron chi connectivity index (χ1n) is 6.35. The maximum Gasteiger partial charge on any atom is 0.152 e. The van der Waals surface area contributed by atoms with E-state index in [4.69, 9.17) is 11.1 Å². The summed E-state index contributed by atoms with van der Waals surface area (Å²) in [5.74, 6) is 6.96. The van der Waals surface area contributed by atoms with Gasteiger partial charge in [-0.15, -0.1) is 11.3 Å². The largest absolute Gasteiger partial charge is 0.308 e. The van der Waals surface area contributed by atoms with E-state index in [-0.39, 0.29) is 0 Å². The van der Waals surface area contributed by atoms with E-state index < -0.39 is 0 Å². The Kier molecular flexibility index (Phi) is 4.49. The minimum Gasteiger partial charge on any atom is -0.308 e. The Morgan fingerprint density at radius 1 is 1.40 bits per heavy atom. The van der Waals surface area contributed by atoms with E-state index in [1.165, 1.54) is 10.4 Å². The molecule has 6 nitrogen and oxygen atoms in total. The van der Waals surface area contributed by atoms with Gasteiger partial charge in [0.25, 0.3) is 0 Å². The molecule has 3 N–H and O–H groups in total. The maximum atomic E-state index is 8.61. The molecule has 2 aromatic rings. The Morgan fingerprint density at radius 3 is 2.80 bits per heavy atom. The van der Waals surface area contributed by atoms with Crippen LogP contribution in [0.3, 0.4) is 0 Å². The standard InChI is InChI=1S/C13H18N6S/c1-8-9(2)20-13-11(8)12(18-15)16-10(17-13)7-19(3)6-4-5-14/h4,6-7,15H2,1-3H3,(H,16,17,18). The quantitative estimate of drug-likeness (QED) is 0.646. The zero-order valence-corrected chi connectivity index (χ0v) is 12.7. The summed E-state index contributed by atoms with van der Waals surface area (Å²) in [5.41, 5.74) is 3.83. The Bertz CT molecular complexity index is 657. The number of rotatable bonds is 5. The summed E-state index contributed by atoms with van der Waals surface area (Å²) < 4.78 is 0. The summed E-state index contributed by atoms with van der Waals surface area (Å²) in [7, 11) is 1.95. The summed E-state index contributed by atoms with van der Waals surface area (Å²) in [6.07, 6.45) is 0.498. The molecule has 2 heterocycles. The Hall–Kier alpha value is -1.75. The molecule has 0 saturated heterocycles. The van der Waals surface area contributed by atoms with Crippen molar-refractivity contribution in [3.05, 3.63) is 16.3 Å². The lowest BCUT2D eigenvalue weighted by Crippen LogP contribution is -2.21. The van der Waals surface area contributed by atoms with Crippen molar-refractivity contribution in [1.82, 2.24) is 14.9 Å². The number of thiophene rings is 1. The van der Waals surface area contributed by atoms with Crippen LogP contribution in [0.1, 0.15) is 22.7 Å². The maximum absolute atomic E-state index is 8.61. The first-order chi connectivity index (χ1) is 9.56. The Morgan fingerprint density at radius 2 is 2.15 bits per heavy atom. The average Bonchev–Trinajstić information content (AvgIpc) is 2.71. The van der Waals surface area contributed by atoms with Gasteiger partial charge in [0.15, 0.2) is 5.82 Å². The number of hydrogen-bond donors (Lipinski definition) is 2. The second-order valence-electron chi connectivity index (χ2n) is 4.74. The van der Waals surface area contributed by atoms with E-state index in [9.17, 15) is 0 Å². The highest BCUT2D eigenvalue weighted by atomic mass is 32.1. The number of nitrogens with zero attached hydrogens (tertiary/aromatic N) is 4. The minimum atomic E-state index is 0.498.